The molecule has 1 aliphatic heterocycles. The largest absolute Gasteiger partial charge is 0.394 e. The van der Waals surface area contributed by atoms with Crippen molar-refractivity contribution >= 4 is 22.8 Å². The molecule has 8 heteroatoms. The van der Waals surface area contributed by atoms with Gasteiger partial charge in [-0.1, -0.05) is 0 Å². The molecular weight excluding hydrogens is 272 g/mol. The highest BCUT2D eigenvalue weighted by Crippen LogP contribution is 2.27. The van der Waals surface area contributed by atoms with E-state index in [-0.39, 0.29) is 18.4 Å². The molecule has 1 atom stereocenters. The predicted octanol–water partition coefficient (Wildman–Crippen LogP) is -0.480. The average Bonchev–Trinajstić information content (AvgIpc) is 2.91. The van der Waals surface area contributed by atoms with E-state index < -0.39 is 0 Å². The lowest BCUT2D eigenvalue weighted by atomic mass is 9.97. The van der Waals surface area contributed by atoms with Crippen LogP contribution in [0.15, 0.2) is 12.5 Å². The summed E-state index contributed by atoms with van der Waals surface area (Å²) in [6.45, 7) is 1.81. The highest BCUT2D eigenvalue weighted by Gasteiger charge is 2.26. The number of hydrogen-bond acceptors (Lipinski definition) is 6. The number of fused-ring (bicyclic) bond motifs is 1. The summed E-state index contributed by atoms with van der Waals surface area (Å²) in [4.78, 5) is 22.0. The van der Waals surface area contributed by atoms with Gasteiger partial charge in [-0.2, -0.15) is 5.10 Å². The van der Waals surface area contributed by atoms with Crippen LogP contribution < -0.4 is 10.6 Å². The molecule has 1 fully saturated rings. The number of amides is 1. The van der Waals surface area contributed by atoms with Crippen molar-refractivity contribution in [2.24, 2.45) is 11.7 Å². The van der Waals surface area contributed by atoms with E-state index in [2.05, 4.69) is 20.0 Å². The SMILES string of the molecule is NC(=O)[C@H]1CCCN(c2ncnc3c2cnn3CCO)C1. The molecule has 0 aromatic carbocycles. The molecule has 112 valence electrons. The summed E-state index contributed by atoms with van der Waals surface area (Å²) in [6.07, 6.45) is 4.92. The lowest BCUT2D eigenvalue weighted by Crippen LogP contribution is -2.41. The monoisotopic (exact) mass is 290 g/mol. The third kappa shape index (κ3) is 2.54. The van der Waals surface area contributed by atoms with Crippen molar-refractivity contribution in [2.45, 2.75) is 19.4 Å². The second-order valence-electron chi connectivity index (χ2n) is 5.21. The summed E-state index contributed by atoms with van der Waals surface area (Å²) in [6, 6.07) is 0. The van der Waals surface area contributed by atoms with Gasteiger partial charge in [0.2, 0.25) is 5.91 Å². The van der Waals surface area contributed by atoms with Crippen molar-refractivity contribution in [3.05, 3.63) is 12.5 Å². The van der Waals surface area contributed by atoms with Crippen LogP contribution in [-0.4, -0.2) is 50.5 Å². The summed E-state index contributed by atoms with van der Waals surface area (Å²) in [5, 5.41) is 14.1. The number of anilines is 1. The maximum atomic E-state index is 11.4. The van der Waals surface area contributed by atoms with E-state index in [4.69, 9.17) is 10.8 Å². The number of aliphatic hydroxyl groups is 1. The Morgan fingerprint density at radius 2 is 2.33 bits per heavy atom. The molecule has 2 aromatic heterocycles. The number of aromatic nitrogens is 4. The fourth-order valence-corrected chi connectivity index (χ4v) is 2.79. The van der Waals surface area contributed by atoms with Gasteiger partial charge in [0.15, 0.2) is 5.65 Å². The van der Waals surface area contributed by atoms with Gasteiger partial charge in [-0.05, 0) is 12.8 Å². The van der Waals surface area contributed by atoms with Gasteiger partial charge in [-0.3, -0.25) is 4.79 Å². The van der Waals surface area contributed by atoms with Crippen LogP contribution in [-0.2, 0) is 11.3 Å². The quantitative estimate of drug-likeness (QED) is 0.787. The molecule has 3 rings (SSSR count). The van der Waals surface area contributed by atoms with Gasteiger partial charge in [-0.25, -0.2) is 14.6 Å². The molecule has 3 N–H and O–H groups in total. The van der Waals surface area contributed by atoms with Crippen LogP contribution in [0, 0.1) is 5.92 Å². The fourth-order valence-electron chi connectivity index (χ4n) is 2.79. The summed E-state index contributed by atoms with van der Waals surface area (Å²) in [7, 11) is 0. The predicted molar refractivity (Wildman–Crippen MR) is 76.5 cm³/mol. The molecule has 21 heavy (non-hydrogen) atoms. The number of piperidine rings is 1. The van der Waals surface area contributed by atoms with Gasteiger partial charge in [0.25, 0.3) is 0 Å². The van der Waals surface area contributed by atoms with Crippen LogP contribution in [0.3, 0.4) is 0 Å². The first-order chi connectivity index (χ1) is 10.2. The van der Waals surface area contributed by atoms with Crippen molar-refractivity contribution in [3.63, 3.8) is 0 Å². The number of aliphatic hydroxyl groups excluding tert-OH is 1. The van der Waals surface area contributed by atoms with Crippen molar-refractivity contribution in [1.29, 1.82) is 0 Å². The Morgan fingerprint density at radius 3 is 3.10 bits per heavy atom. The first kappa shape index (κ1) is 13.7. The van der Waals surface area contributed by atoms with Crippen LogP contribution in [0.5, 0.6) is 0 Å². The minimum absolute atomic E-state index is 0.00355. The smallest absolute Gasteiger partial charge is 0.222 e. The molecule has 0 aliphatic carbocycles. The van der Waals surface area contributed by atoms with E-state index in [1.807, 2.05) is 0 Å². The molecule has 1 aliphatic rings. The van der Waals surface area contributed by atoms with E-state index in [1.165, 1.54) is 6.33 Å². The second-order valence-corrected chi connectivity index (χ2v) is 5.21. The number of primary amides is 1. The Kier molecular flexibility index (Phi) is 3.70. The number of nitrogens with two attached hydrogens (primary N) is 1. The topological polar surface area (TPSA) is 110 Å². The molecule has 3 heterocycles. The molecule has 1 amide bonds. The number of nitrogens with zero attached hydrogens (tertiary/aromatic N) is 5. The Balaban J connectivity index is 1.94. The Bertz CT molecular complexity index is 655. The fraction of sp³-hybridized carbons (Fsp3) is 0.538. The molecule has 0 saturated carbocycles. The van der Waals surface area contributed by atoms with Gasteiger partial charge in [0.1, 0.15) is 12.1 Å². The maximum Gasteiger partial charge on any atom is 0.222 e. The molecule has 0 bridgehead atoms. The van der Waals surface area contributed by atoms with Crippen LogP contribution in [0.2, 0.25) is 0 Å². The number of rotatable bonds is 4. The molecule has 0 unspecified atom stereocenters. The van der Waals surface area contributed by atoms with E-state index >= 15 is 0 Å². The molecule has 0 radical (unpaired) electrons. The second kappa shape index (κ2) is 5.65. The van der Waals surface area contributed by atoms with Crippen LogP contribution in [0.1, 0.15) is 12.8 Å². The lowest BCUT2D eigenvalue weighted by molar-refractivity contribution is -0.122. The normalized spacial score (nSPS) is 19.1. The van der Waals surface area contributed by atoms with E-state index in [9.17, 15) is 4.79 Å². The van der Waals surface area contributed by atoms with Gasteiger partial charge < -0.3 is 15.7 Å². The average molecular weight is 290 g/mol. The number of carbonyl (C=O) groups is 1. The molecular formula is C13H18N6O2. The first-order valence-electron chi connectivity index (χ1n) is 7.02. The van der Waals surface area contributed by atoms with Crippen molar-refractivity contribution in [1.82, 2.24) is 19.7 Å². The highest BCUT2D eigenvalue weighted by molar-refractivity contribution is 5.87. The third-order valence-electron chi connectivity index (χ3n) is 3.85. The zero-order chi connectivity index (χ0) is 14.8. The standard InChI is InChI=1S/C13H18N6O2/c14-11(21)9-2-1-3-18(7-9)12-10-6-17-19(4-5-20)13(10)16-8-15-12/h6,8-9,20H,1-5,7H2,(H2,14,21)/t9-/m0/s1. The molecule has 8 nitrogen and oxygen atoms in total. The van der Waals surface area contributed by atoms with Crippen LogP contribution in [0.4, 0.5) is 5.82 Å². The van der Waals surface area contributed by atoms with E-state index in [0.29, 0.717) is 18.7 Å². The first-order valence-corrected chi connectivity index (χ1v) is 7.02. The van der Waals surface area contributed by atoms with Gasteiger partial charge in [0, 0.05) is 13.1 Å². The van der Waals surface area contributed by atoms with Crippen LogP contribution >= 0.6 is 0 Å². The number of carbonyl (C=O) groups excluding carboxylic acids is 1. The van der Waals surface area contributed by atoms with Crippen LogP contribution in [0.25, 0.3) is 11.0 Å². The Hall–Kier alpha value is -2.22. The summed E-state index contributed by atoms with van der Waals surface area (Å²) < 4.78 is 1.65. The highest BCUT2D eigenvalue weighted by atomic mass is 16.3. The molecule has 1 saturated heterocycles. The summed E-state index contributed by atoms with van der Waals surface area (Å²) >= 11 is 0. The summed E-state index contributed by atoms with van der Waals surface area (Å²) in [5.74, 6) is 0.368. The van der Waals surface area contributed by atoms with Crippen molar-refractivity contribution < 1.29 is 9.90 Å². The zero-order valence-electron chi connectivity index (χ0n) is 11.6. The summed E-state index contributed by atoms with van der Waals surface area (Å²) in [5.41, 5.74) is 6.11. The lowest BCUT2D eigenvalue weighted by Gasteiger charge is -2.32. The Labute approximate surface area is 121 Å². The number of hydrogen-bond donors (Lipinski definition) is 2. The third-order valence-corrected chi connectivity index (χ3v) is 3.85. The van der Waals surface area contributed by atoms with Crippen molar-refractivity contribution in [3.8, 4) is 0 Å². The minimum atomic E-state index is -0.263. The maximum absolute atomic E-state index is 11.4. The van der Waals surface area contributed by atoms with E-state index in [1.54, 1.807) is 10.9 Å². The van der Waals surface area contributed by atoms with Gasteiger partial charge >= 0.3 is 0 Å². The minimum Gasteiger partial charge on any atom is -0.394 e. The molecule has 0 spiro atoms. The molecule has 2 aromatic rings. The van der Waals surface area contributed by atoms with Gasteiger partial charge in [-0.15, -0.1) is 0 Å². The van der Waals surface area contributed by atoms with E-state index in [0.717, 1.165) is 30.6 Å². The Morgan fingerprint density at radius 1 is 1.48 bits per heavy atom. The van der Waals surface area contributed by atoms with Crippen molar-refractivity contribution in [2.75, 3.05) is 24.6 Å². The van der Waals surface area contributed by atoms with Gasteiger partial charge in [0.05, 0.1) is 30.7 Å². The zero-order valence-corrected chi connectivity index (χ0v) is 11.6.